The van der Waals surface area contributed by atoms with Crippen molar-refractivity contribution in [1.82, 2.24) is 10.6 Å². The second kappa shape index (κ2) is 4.41. The molecule has 0 saturated carbocycles. The molecular weight excluding hydrogens is 262 g/mol. The Labute approximate surface area is 95.3 Å². The highest BCUT2D eigenvalue weighted by Crippen LogP contribution is 2.27. The SMILES string of the molecule is N#C[C@H](NC1CNC1)c1ccc(Br)s1. The summed E-state index contributed by atoms with van der Waals surface area (Å²) in [5.74, 6) is 0. The van der Waals surface area contributed by atoms with Crippen LogP contribution in [-0.2, 0) is 0 Å². The van der Waals surface area contributed by atoms with Crippen molar-refractivity contribution in [2.45, 2.75) is 12.1 Å². The van der Waals surface area contributed by atoms with Gasteiger partial charge in [-0.2, -0.15) is 5.26 Å². The van der Waals surface area contributed by atoms with Gasteiger partial charge in [0.1, 0.15) is 6.04 Å². The Morgan fingerprint density at radius 2 is 2.43 bits per heavy atom. The van der Waals surface area contributed by atoms with E-state index in [-0.39, 0.29) is 6.04 Å². The van der Waals surface area contributed by atoms with Crippen molar-refractivity contribution in [3.05, 3.63) is 20.8 Å². The third-order valence-electron chi connectivity index (χ3n) is 2.19. The zero-order valence-corrected chi connectivity index (χ0v) is 9.86. The van der Waals surface area contributed by atoms with Gasteiger partial charge in [0.25, 0.3) is 0 Å². The van der Waals surface area contributed by atoms with Crippen molar-refractivity contribution in [2.75, 3.05) is 13.1 Å². The lowest BCUT2D eigenvalue weighted by Crippen LogP contribution is -2.55. The third-order valence-corrected chi connectivity index (χ3v) is 3.88. The molecular formula is C9H10BrN3S. The van der Waals surface area contributed by atoms with Crippen LogP contribution in [0.15, 0.2) is 15.9 Å². The highest BCUT2D eigenvalue weighted by atomic mass is 79.9. The lowest BCUT2D eigenvalue weighted by Gasteiger charge is -2.29. The normalized spacial score (nSPS) is 18.6. The highest BCUT2D eigenvalue weighted by Gasteiger charge is 2.22. The summed E-state index contributed by atoms with van der Waals surface area (Å²) in [6.07, 6.45) is 0. The smallest absolute Gasteiger partial charge is 0.130 e. The summed E-state index contributed by atoms with van der Waals surface area (Å²) in [4.78, 5) is 1.08. The first-order valence-electron chi connectivity index (χ1n) is 4.41. The fourth-order valence-electron chi connectivity index (χ4n) is 1.31. The first-order chi connectivity index (χ1) is 6.79. The molecule has 5 heteroatoms. The number of thiophene rings is 1. The Morgan fingerprint density at radius 1 is 1.64 bits per heavy atom. The van der Waals surface area contributed by atoms with Crippen molar-refractivity contribution in [2.24, 2.45) is 0 Å². The predicted octanol–water partition coefficient (Wildman–Crippen LogP) is 1.64. The topological polar surface area (TPSA) is 47.9 Å². The summed E-state index contributed by atoms with van der Waals surface area (Å²) in [6, 6.07) is 6.52. The van der Waals surface area contributed by atoms with Gasteiger partial charge in [-0.1, -0.05) is 0 Å². The van der Waals surface area contributed by atoms with Crippen LogP contribution in [0.5, 0.6) is 0 Å². The van der Waals surface area contributed by atoms with Crippen molar-refractivity contribution in [3.8, 4) is 6.07 Å². The Morgan fingerprint density at radius 3 is 2.86 bits per heavy atom. The molecule has 0 aromatic carbocycles. The quantitative estimate of drug-likeness (QED) is 0.879. The molecule has 1 atom stereocenters. The fourth-order valence-corrected chi connectivity index (χ4v) is 2.74. The van der Waals surface area contributed by atoms with Crippen LogP contribution in [0.4, 0.5) is 0 Å². The molecule has 1 aromatic heterocycles. The monoisotopic (exact) mass is 271 g/mol. The van der Waals surface area contributed by atoms with E-state index in [0.717, 1.165) is 21.8 Å². The van der Waals surface area contributed by atoms with Gasteiger partial charge in [0.2, 0.25) is 0 Å². The van der Waals surface area contributed by atoms with Crippen LogP contribution in [0.2, 0.25) is 0 Å². The molecule has 2 N–H and O–H groups in total. The van der Waals surface area contributed by atoms with Crippen molar-refractivity contribution < 1.29 is 0 Å². The van der Waals surface area contributed by atoms with Crippen LogP contribution >= 0.6 is 27.3 Å². The number of nitrogens with one attached hydrogen (secondary N) is 2. The van der Waals surface area contributed by atoms with Gasteiger partial charge in [0.05, 0.1) is 9.86 Å². The van der Waals surface area contributed by atoms with E-state index in [1.165, 1.54) is 0 Å². The third kappa shape index (κ3) is 2.15. The number of hydrogen-bond donors (Lipinski definition) is 2. The first-order valence-corrected chi connectivity index (χ1v) is 6.02. The molecule has 3 nitrogen and oxygen atoms in total. The molecule has 1 aromatic rings. The van der Waals surface area contributed by atoms with Gasteiger partial charge >= 0.3 is 0 Å². The van der Waals surface area contributed by atoms with E-state index in [9.17, 15) is 0 Å². The summed E-state index contributed by atoms with van der Waals surface area (Å²) in [5.41, 5.74) is 0. The maximum Gasteiger partial charge on any atom is 0.130 e. The standard InChI is InChI=1S/C9H10BrN3S/c10-9-2-1-8(14-9)7(3-11)13-6-4-12-5-6/h1-2,6-7,12-13H,4-5H2/t7-/m0/s1. The van der Waals surface area contributed by atoms with Crippen LogP contribution in [0.3, 0.4) is 0 Å². The summed E-state index contributed by atoms with van der Waals surface area (Å²) in [7, 11) is 0. The zero-order valence-electron chi connectivity index (χ0n) is 7.46. The summed E-state index contributed by atoms with van der Waals surface area (Å²) in [6.45, 7) is 1.93. The summed E-state index contributed by atoms with van der Waals surface area (Å²) < 4.78 is 1.07. The van der Waals surface area contributed by atoms with Gasteiger partial charge in [-0.05, 0) is 28.1 Å². The van der Waals surface area contributed by atoms with E-state index < -0.39 is 0 Å². The molecule has 74 valence electrons. The second-order valence-electron chi connectivity index (χ2n) is 3.23. The molecule has 0 aliphatic carbocycles. The summed E-state index contributed by atoms with van der Waals surface area (Å²) >= 11 is 5.00. The number of rotatable bonds is 3. The molecule has 1 fully saturated rings. The predicted molar refractivity (Wildman–Crippen MR) is 60.2 cm³/mol. The molecule has 1 saturated heterocycles. The van der Waals surface area contributed by atoms with Gasteiger partial charge < -0.3 is 5.32 Å². The summed E-state index contributed by atoms with van der Waals surface area (Å²) in [5, 5.41) is 15.5. The molecule has 0 spiro atoms. The fraction of sp³-hybridized carbons (Fsp3) is 0.444. The molecule has 2 rings (SSSR count). The first kappa shape index (κ1) is 10.1. The van der Waals surface area contributed by atoms with Crippen LogP contribution < -0.4 is 10.6 Å². The molecule has 1 aliphatic rings. The van der Waals surface area contributed by atoms with E-state index in [1.54, 1.807) is 11.3 Å². The Bertz CT molecular complexity index is 353. The second-order valence-corrected chi connectivity index (χ2v) is 5.72. The van der Waals surface area contributed by atoms with Crippen molar-refractivity contribution in [1.29, 1.82) is 5.26 Å². The van der Waals surface area contributed by atoms with Crippen molar-refractivity contribution >= 4 is 27.3 Å². The van der Waals surface area contributed by atoms with Gasteiger partial charge in [0.15, 0.2) is 0 Å². The Hall–Kier alpha value is -0.410. The number of nitrogens with zero attached hydrogens (tertiary/aromatic N) is 1. The van der Waals surface area contributed by atoms with Gasteiger partial charge in [-0.15, -0.1) is 11.3 Å². The van der Waals surface area contributed by atoms with E-state index in [2.05, 4.69) is 32.6 Å². The minimum atomic E-state index is -0.168. The van der Waals surface area contributed by atoms with E-state index >= 15 is 0 Å². The number of nitriles is 1. The van der Waals surface area contributed by atoms with Crippen LogP contribution in [0, 0.1) is 11.3 Å². The van der Waals surface area contributed by atoms with Gasteiger partial charge in [0, 0.05) is 24.0 Å². The molecule has 0 amide bonds. The zero-order chi connectivity index (χ0) is 9.97. The molecule has 1 aliphatic heterocycles. The molecule has 0 unspecified atom stereocenters. The lowest BCUT2D eigenvalue weighted by molar-refractivity contribution is 0.353. The minimum absolute atomic E-state index is 0.168. The average Bonchev–Trinajstić information content (AvgIpc) is 2.50. The van der Waals surface area contributed by atoms with Crippen LogP contribution in [-0.4, -0.2) is 19.1 Å². The maximum absolute atomic E-state index is 9.02. The number of hydrogen-bond acceptors (Lipinski definition) is 4. The molecule has 2 heterocycles. The van der Waals surface area contributed by atoms with E-state index in [1.807, 2.05) is 12.1 Å². The number of halogens is 1. The van der Waals surface area contributed by atoms with E-state index in [0.29, 0.717) is 6.04 Å². The van der Waals surface area contributed by atoms with Crippen LogP contribution in [0.1, 0.15) is 10.9 Å². The van der Waals surface area contributed by atoms with E-state index in [4.69, 9.17) is 5.26 Å². The van der Waals surface area contributed by atoms with Crippen LogP contribution in [0.25, 0.3) is 0 Å². The Balaban J connectivity index is 2.02. The minimum Gasteiger partial charge on any atom is -0.314 e. The molecule has 0 bridgehead atoms. The van der Waals surface area contributed by atoms with Crippen molar-refractivity contribution in [3.63, 3.8) is 0 Å². The Kier molecular flexibility index (Phi) is 3.19. The molecule has 0 radical (unpaired) electrons. The largest absolute Gasteiger partial charge is 0.314 e. The highest BCUT2D eigenvalue weighted by molar-refractivity contribution is 9.11. The molecule has 14 heavy (non-hydrogen) atoms. The lowest BCUT2D eigenvalue weighted by atomic mass is 10.1. The maximum atomic E-state index is 9.02. The average molecular weight is 272 g/mol. The van der Waals surface area contributed by atoms with Gasteiger partial charge in [-0.25, -0.2) is 0 Å². The van der Waals surface area contributed by atoms with Gasteiger partial charge in [-0.3, -0.25) is 5.32 Å².